The van der Waals surface area contributed by atoms with Gasteiger partial charge in [0.15, 0.2) is 0 Å². The molecule has 0 aliphatic rings. The minimum Gasteiger partial charge on any atom is -0.255 e. The Morgan fingerprint density at radius 2 is 0.731 bits per heavy atom. The van der Waals surface area contributed by atoms with E-state index in [-0.39, 0.29) is 0 Å². The third kappa shape index (κ3) is 5.51. The van der Waals surface area contributed by atoms with Gasteiger partial charge in [0.05, 0.1) is 45.0 Å². The fourth-order valence-corrected chi connectivity index (χ4v) is 7.01. The van der Waals surface area contributed by atoms with Gasteiger partial charge in [0.25, 0.3) is 0 Å². The summed E-state index contributed by atoms with van der Waals surface area (Å²) in [7, 11) is 0. The van der Waals surface area contributed by atoms with E-state index in [1.165, 1.54) is 10.8 Å². The van der Waals surface area contributed by atoms with Crippen molar-refractivity contribution in [2.75, 3.05) is 0 Å². The van der Waals surface area contributed by atoms with E-state index in [9.17, 15) is 0 Å². The molecule has 52 heavy (non-hydrogen) atoms. The van der Waals surface area contributed by atoms with Crippen LogP contribution < -0.4 is 0 Å². The van der Waals surface area contributed by atoms with E-state index in [0.717, 1.165) is 89.0 Å². The highest BCUT2D eigenvalue weighted by Crippen LogP contribution is 2.36. The third-order valence-corrected chi connectivity index (χ3v) is 9.69. The summed E-state index contributed by atoms with van der Waals surface area (Å²) in [5.74, 6) is 0. The molecule has 0 saturated heterocycles. The van der Waals surface area contributed by atoms with Crippen LogP contribution in [0.4, 0.5) is 0 Å². The van der Waals surface area contributed by atoms with E-state index in [0.29, 0.717) is 0 Å². The lowest BCUT2D eigenvalue weighted by Crippen LogP contribution is -1.91. The Bertz CT molecular complexity index is 2820. The highest BCUT2D eigenvalue weighted by Gasteiger charge is 2.12. The van der Waals surface area contributed by atoms with Crippen molar-refractivity contribution in [1.82, 2.24) is 24.9 Å². The van der Waals surface area contributed by atoms with E-state index in [2.05, 4.69) is 125 Å². The minimum atomic E-state index is 0.859. The van der Waals surface area contributed by atoms with Crippen molar-refractivity contribution in [3.63, 3.8) is 0 Å². The van der Waals surface area contributed by atoms with E-state index in [4.69, 9.17) is 15.0 Å². The van der Waals surface area contributed by atoms with Crippen LogP contribution in [0, 0.1) is 0 Å². The van der Waals surface area contributed by atoms with Crippen LogP contribution >= 0.6 is 0 Å². The summed E-state index contributed by atoms with van der Waals surface area (Å²) in [6.45, 7) is 0. The second kappa shape index (κ2) is 12.3. The lowest BCUT2D eigenvalue weighted by molar-refractivity contribution is 1.28. The van der Waals surface area contributed by atoms with Gasteiger partial charge in [-0.2, -0.15) is 0 Å². The first kappa shape index (κ1) is 29.8. The van der Waals surface area contributed by atoms with Crippen molar-refractivity contribution in [3.8, 4) is 56.3 Å². The van der Waals surface area contributed by atoms with Crippen molar-refractivity contribution in [3.05, 3.63) is 176 Å². The van der Waals surface area contributed by atoms with Crippen LogP contribution in [-0.4, -0.2) is 24.9 Å². The van der Waals surface area contributed by atoms with E-state index in [1.807, 2.05) is 48.5 Å². The molecule has 5 aromatic carbocycles. The van der Waals surface area contributed by atoms with Crippen LogP contribution in [0.3, 0.4) is 0 Å². The highest BCUT2D eigenvalue weighted by atomic mass is 14.8. The molecule has 242 valence electrons. The Labute approximate surface area is 300 Å². The van der Waals surface area contributed by atoms with E-state index < -0.39 is 0 Å². The van der Waals surface area contributed by atoms with Gasteiger partial charge in [-0.3, -0.25) is 9.97 Å². The normalized spacial score (nSPS) is 11.5. The molecule has 5 heteroatoms. The summed E-state index contributed by atoms with van der Waals surface area (Å²) in [6.07, 6.45) is 3.60. The quantitative estimate of drug-likeness (QED) is 0.171. The van der Waals surface area contributed by atoms with E-state index in [1.54, 1.807) is 12.4 Å². The molecular formula is C47H29N5. The predicted octanol–water partition coefficient (Wildman–Crippen LogP) is 11.6. The number of nitrogens with zero attached hydrogens (tertiary/aromatic N) is 5. The van der Waals surface area contributed by atoms with E-state index >= 15 is 0 Å². The maximum absolute atomic E-state index is 5.21. The predicted molar refractivity (Wildman–Crippen MR) is 213 cm³/mol. The number of hydrogen-bond acceptors (Lipinski definition) is 5. The van der Waals surface area contributed by atoms with Gasteiger partial charge >= 0.3 is 0 Å². The molecule has 0 N–H and O–H groups in total. The molecule has 0 bridgehead atoms. The van der Waals surface area contributed by atoms with Gasteiger partial charge in [-0.15, -0.1) is 0 Å². The second-order valence-electron chi connectivity index (χ2n) is 13.0. The molecular weight excluding hydrogens is 635 g/mol. The fraction of sp³-hybridized carbons (Fsp3) is 0. The van der Waals surface area contributed by atoms with Crippen molar-refractivity contribution in [1.29, 1.82) is 0 Å². The van der Waals surface area contributed by atoms with Crippen molar-refractivity contribution in [2.24, 2.45) is 0 Å². The van der Waals surface area contributed by atoms with Gasteiger partial charge in [-0.1, -0.05) is 66.7 Å². The Morgan fingerprint density at radius 3 is 1.29 bits per heavy atom. The number of hydrogen-bond donors (Lipinski definition) is 0. The van der Waals surface area contributed by atoms with Crippen LogP contribution in [0.2, 0.25) is 0 Å². The molecule has 10 aromatic rings. The summed E-state index contributed by atoms with van der Waals surface area (Å²) < 4.78 is 0. The first-order valence-electron chi connectivity index (χ1n) is 17.3. The Hall–Kier alpha value is -7.11. The lowest BCUT2D eigenvalue weighted by Gasteiger charge is -2.13. The molecule has 0 spiro atoms. The van der Waals surface area contributed by atoms with Crippen LogP contribution in [0.5, 0.6) is 0 Å². The van der Waals surface area contributed by atoms with Gasteiger partial charge in [0, 0.05) is 34.1 Å². The van der Waals surface area contributed by atoms with Gasteiger partial charge in [-0.05, 0) is 130 Å². The fourth-order valence-electron chi connectivity index (χ4n) is 7.01. The molecule has 0 radical (unpaired) electrons. The van der Waals surface area contributed by atoms with Crippen LogP contribution in [0.25, 0.3) is 99.8 Å². The molecule has 0 atom stereocenters. The standard InChI is InChI=1S/C47H29N5/c1-2-8-31-29-47-36(23-30(31)7-1)13-18-42(52-47)39-27-37(32-11-16-40-34(24-32)14-19-45(50-40)43-9-3-5-21-48-43)26-38(28-39)33-12-17-41-35(25-33)15-20-46(51-41)44-10-4-6-22-49-44/h1-29H. The topological polar surface area (TPSA) is 64.5 Å². The zero-order valence-corrected chi connectivity index (χ0v) is 28.0. The molecule has 5 aromatic heterocycles. The second-order valence-corrected chi connectivity index (χ2v) is 13.0. The molecule has 0 unspecified atom stereocenters. The average molecular weight is 664 g/mol. The van der Waals surface area contributed by atoms with Crippen LogP contribution in [-0.2, 0) is 0 Å². The summed E-state index contributed by atoms with van der Waals surface area (Å²) in [4.78, 5) is 24.1. The van der Waals surface area contributed by atoms with Gasteiger partial charge in [0.2, 0.25) is 0 Å². The summed E-state index contributed by atoms with van der Waals surface area (Å²) in [5, 5.41) is 5.66. The monoisotopic (exact) mass is 663 g/mol. The first-order valence-corrected chi connectivity index (χ1v) is 17.3. The lowest BCUT2D eigenvalue weighted by atomic mass is 9.93. The van der Waals surface area contributed by atoms with Crippen molar-refractivity contribution in [2.45, 2.75) is 0 Å². The minimum absolute atomic E-state index is 0.859. The molecule has 0 fully saturated rings. The highest BCUT2D eigenvalue weighted by molar-refractivity contribution is 5.98. The summed E-state index contributed by atoms with van der Waals surface area (Å²) in [6, 6.07) is 57.0. The largest absolute Gasteiger partial charge is 0.255 e. The van der Waals surface area contributed by atoms with Gasteiger partial charge in [-0.25, -0.2) is 15.0 Å². The maximum atomic E-state index is 5.21. The van der Waals surface area contributed by atoms with Crippen LogP contribution in [0.1, 0.15) is 0 Å². The maximum Gasteiger partial charge on any atom is 0.0893 e. The van der Waals surface area contributed by atoms with Crippen molar-refractivity contribution < 1.29 is 0 Å². The Balaban J connectivity index is 1.10. The number of benzene rings is 5. The number of fused-ring (bicyclic) bond motifs is 4. The molecule has 0 amide bonds. The first-order chi connectivity index (χ1) is 25.7. The Kier molecular flexibility index (Phi) is 7.07. The zero-order chi connectivity index (χ0) is 34.4. The number of pyridine rings is 5. The zero-order valence-electron chi connectivity index (χ0n) is 28.0. The summed E-state index contributed by atoms with van der Waals surface area (Å²) in [5.41, 5.74) is 12.7. The molecule has 0 aliphatic carbocycles. The van der Waals surface area contributed by atoms with Gasteiger partial charge in [0.1, 0.15) is 0 Å². The van der Waals surface area contributed by atoms with Crippen molar-refractivity contribution >= 4 is 43.5 Å². The summed E-state index contributed by atoms with van der Waals surface area (Å²) >= 11 is 0. The third-order valence-electron chi connectivity index (χ3n) is 9.69. The molecule has 5 heterocycles. The molecule has 10 rings (SSSR count). The SMILES string of the molecule is c1ccc(-c2ccc3cc(-c4cc(-c5ccc6nc(-c7ccccn7)ccc6c5)cc(-c5ccc6cc7ccccc7cc6n5)c4)ccc3n2)nc1. The van der Waals surface area contributed by atoms with Gasteiger partial charge < -0.3 is 0 Å². The average Bonchev–Trinajstić information content (AvgIpc) is 3.22. The number of rotatable bonds is 5. The molecule has 5 nitrogen and oxygen atoms in total. The molecule has 0 saturated carbocycles. The number of aromatic nitrogens is 5. The smallest absolute Gasteiger partial charge is 0.0893 e. The van der Waals surface area contributed by atoms with Crippen LogP contribution in [0.15, 0.2) is 176 Å². The Morgan fingerprint density at radius 1 is 0.250 bits per heavy atom. The molecule has 0 aliphatic heterocycles.